The third kappa shape index (κ3) is 5.27. The number of nitrogens with zero attached hydrogens (tertiary/aromatic N) is 3. The molecule has 0 aliphatic rings. The fraction of sp³-hybridized carbons (Fsp3) is 0.111. The van der Waals surface area contributed by atoms with Crippen LogP contribution < -0.4 is 5.32 Å². The van der Waals surface area contributed by atoms with Crippen molar-refractivity contribution in [2.75, 3.05) is 0 Å². The summed E-state index contributed by atoms with van der Waals surface area (Å²) in [4.78, 5) is 22.2. The van der Waals surface area contributed by atoms with Gasteiger partial charge in [-0.3, -0.25) is 4.79 Å². The first-order valence-electron chi connectivity index (χ1n) is 11.0. The number of rotatable bonds is 8. The van der Waals surface area contributed by atoms with E-state index < -0.39 is 6.04 Å². The lowest BCUT2D eigenvalue weighted by molar-refractivity contribution is -0.121. The fourth-order valence-electron chi connectivity index (χ4n) is 3.64. The molecule has 3 aromatic carbocycles. The van der Waals surface area contributed by atoms with E-state index in [1.54, 1.807) is 0 Å². The maximum atomic E-state index is 13.0. The fourth-order valence-corrected chi connectivity index (χ4v) is 4.47. The van der Waals surface area contributed by atoms with E-state index in [4.69, 9.17) is 4.52 Å². The normalized spacial score (nSPS) is 11.8. The van der Waals surface area contributed by atoms with Crippen LogP contribution in [0.25, 0.3) is 22.0 Å². The number of aromatic nitrogens is 3. The molecule has 34 heavy (non-hydrogen) atoms. The number of amides is 1. The van der Waals surface area contributed by atoms with Crippen molar-refractivity contribution in [2.24, 2.45) is 0 Å². The summed E-state index contributed by atoms with van der Waals surface area (Å²) < 4.78 is 5.58. The second-order valence-electron chi connectivity index (χ2n) is 7.82. The van der Waals surface area contributed by atoms with Gasteiger partial charge in [0, 0.05) is 22.9 Å². The van der Waals surface area contributed by atoms with E-state index in [9.17, 15) is 4.79 Å². The predicted molar refractivity (Wildman–Crippen MR) is 132 cm³/mol. The Morgan fingerprint density at radius 1 is 0.853 bits per heavy atom. The molecule has 6 nitrogen and oxygen atoms in total. The van der Waals surface area contributed by atoms with E-state index >= 15 is 0 Å². The van der Waals surface area contributed by atoms with E-state index in [-0.39, 0.29) is 12.3 Å². The van der Waals surface area contributed by atoms with Gasteiger partial charge in [0.25, 0.3) is 0 Å². The van der Waals surface area contributed by atoms with Crippen molar-refractivity contribution in [1.29, 1.82) is 0 Å². The van der Waals surface area contributed by atoms with Gasteiger partial charge >= 0.3 is 0 Å². The van der Waals surface area contributed by atoms with Crippen LogP contribution in [0.3, 0.4) is 0 Å². The Kier molecular flexibility index (Phi) is 6.54. The molecule has 2 aromatic heterocycles. The van der Waals surface area contributed by atoms with Crippen LogP contribution in [-0.4, -0.2) is 21.0 Å². The van der Waals surface area contributed by atoms with E-state index in [1.165, 1.54) is 11.3 Å². The summed E-state index contributed by atoms with van der Waals surface area (Å²) in [7, 11) is 0. The lowest BCUT2D eigenvalue weighted by Crippen LogP contribution is -2.31. The number of carbonyl (C=O) groups excluding carboxylic acids is 1. The molecule has 0 radical (unpaired) electrons. The molecule has 0 unspecified atom stereocenters. The van der Waals surface area contributed by atoms with Gasteiger partial charge in [-0.05, 0) is 5.56 Å². The minimum absolute atomic E-state index is 0.148. The topological polar surface area (TPSA) is 80.9 Å². The summed E-state index contributed by atoms with van der Waals surface area (Å²) in [5.41, 5.74) is 3.70. The summed E-state index contributed by atoms with van der Waals surface area (Å²) in [6.07, 6.45) is 0.712. The Balaban J connectivity index is 1.33. The molecule has 1 atom stereocenters. The predicted octanol–water partition coefficient (Wildman–Crippen LogP) is 5.50. The zero-order chi connectivity index (χ0) is 23.2. The number of hydrogen-bond acceptors (Lipinski definition) is 6. The summed E-state index contributed by atoms with van der Waals surface area (Å²) in [6, 6.07) is 29.1. The third-order valence-electron chi connectivity index (χ3n) is 5.30. The number of nitrogens with one attached hydrogen (secondary N) is 1. The zero-order valence-electron chi connectivity index (χ0n) is 18.3. The first kappa shape index (κ1) is 21.7. The van der Waals surface area contributed by atoms with Crippen molar-refractivity contribution in [1.82, 2.24) is 20.4 Å². The average Bonchev–Trinajstić information content (AvgIpc) is 3.56. The summed E-state index contributed by atoms with van der Waals surface area (Å²) in [5.74, 6) is 0.722. The van der Waals surface area contributed by atoms with Crippen LogP contribution in [0, 0.1) is 0 Å². The Morgan fingerprint density at radius 2 is 1.50 bits per heavy atom. The Labute approximate surface area is 201 Å². The number of benzene rings is 3. The van der Waals surface area contributed by atoms with Gasteiger partial charge in [-0.1, -0.05) is 96.2 Å². The quantitative estimate of drug-likeness (QED) is 0.326. The number of carbonyl (C=O) groups is 1. The molecule has 0 spiro atoms. The molecule has 0 saturated heterocycles. The van der Waals surface area contributed by atoms with Crippen molar-refractivity contribution < 1.29 is 9.32 Å². The largest absolute Gasteiger partial charge is 0.344 e. The van der Waals surface area contributed by atoms with Crippen molar-refractivity contribution in [3.05, 3.63) is 114 Å². The molecule has 0 saturated carbocycles. The molecule has 0 aliphatic heterocycles. The molecule has 5 aromatic rings. The SMILES string of the molecule is O=C(Cc1csc(-c2ccccc2)n1)N[C@@H](Cc1ccccc1)c1nc(-c2ccccc2)no1. The van der Waals surface area contributed by atoms with Crippen LogP contribution in [0.5, 0.6) is 0 Å². The first-order chi connectivity index (χ1) is 16.7. The molecule has 2 heterocycles. The van der Waals surface area contributed by atoms with Crippen LogP contribution in [-0.2, 0) is 17.6 Å². The van der Waals surface area contributed by atoms with Gasteiger partial charge in [-0.15, -0.1) is 11.3 Å². The first-order valence-corrected chi connectivity index (χ1v) is 11.8. The van der Waals surface area contributed by atoms with Crippen molar-refractivity contribution in [3.63, 3.8) is 0 Å². The van der Waals surface area contributed by atoms with Gasteiger partial charge in [0.1, 0.15) is 11.0 Å². The summed E-state index contributed by atoms with van der Waals surface area (Å²) in [5, 5.41) is 10.0. The Hall–Kier alpha value is -4.10. The van der Waals surface area contributed by atoms with Gasteiger partial charge in [-0.2, -0.15) is 4.98 Å². The van der Waals surface area contributed by atoms with Crippen molar-refractivity contribution in [3.8, 4) is 22.0 Å². The molecule has 0 aliphatic carbocycles. The minimum Gasteiger partial charge on any atom is -0.344 e. The molecular formula is C27H22N4O2S. The lowest BCUT2D eigenvalue weighted by Gasteiger charge is -2.15. The molecule has 7 heteroatoms. The highest BCUT2D eigenvalue weighted by Crippen LogP contribution is 2.24. The van der Waals surface area contributed by atoms with Crippen LogP contribution in [0.1, 0.15) is 23.2 Å². The smallest absolute Gasteiger partial charge is 0.249 e. The monoisotopic (exact) mass is 466 g/mol. The molecule has 1 amide bonds. The highest BCUT2D eigenvalue weighted by atomic mass is 32.1. The minimum atomic E-state index is -0.452. The Morgan fingerprint density at radius 3 is 2.21 bits per heavy atom. The standard InChI is InChI=1S/C27H22N4O2S/c32-24(17-22-18-34-27(28-22)21-14-8-3-9-15-21)29-23(16-19-10-4-1-5-11-19)26-30-25(31-33-26)20-12-6-2-7-13-20/h1-15,18,23H,16-17H2,(H,29,32)/t23-/m0/s1. The Bertz CT molecular complexity index is 1350. The zero-order valence-corrected chi connectivity index (χ0v) is 19.1. The van der Waals surface area contributed by atoms with E-state index in [1.807, 2.05) is 96.4 Å². The van der Waals surface area contributed by atoms with Gasteiger partial charge in [0.2, 0.25) is 17.6 Å². The maximum Gasteiger partial charge on any atom is 0.249 e. The third-order valence-corrected chi connectivity index (χ3v) is 6.24. The van der Waals surface area contributed by atoms with Crippen molar-refractivity contribution >= 4 is 17.2 Å². The van der Waals surface area contributed by atoms with E-state index in [2.05, 4.69) is 20.4 Å². The van der Waals surface area contributed by atoms with Crippen LogP contribution in [0.15, 0.2) is 101 Å². The van der Waals surface area contributed by atoms with Gasteiger partial charge < -0.3 is 9.84 Å². The molecule has 168 valence electrons. The van der Waals surface area contributed by atoms with Gasteiger partial charge in [0.15, 0.2) is 0 Å². The van der Waals surface area contributed by atoms with Crippen molar-refractivity contribution in [2.45, 2.75) is 18.9 Å². The molecule has 0 fully saturated rings. The maximum absolute atomic E-state index is 13.0. The second-order valence-corrected chi connectivity index (χ2v) is 8.68. The van der Waals surface area contributed by atoms with Gasteiger partial charge in [0.05, 0.1) is 12.1 Å². The lowest BCUT2D eigenvalue weighted by atomic mass is 10.1. The summed E-state index contributed by atoms with van der Waals surface area (Å²) >= 11 is 1.53. The molecule has 1 N–H and O–H groups in total. The van der Waals surface area contributed by atoms with E-state index in [0.717, 1.165) is 27.4 Å². The van der Waals surface area contributed by atoms with E-state index in [0.29, 0.717) is 18.1 Å². The highest BCUT2D eigenvalue weighted by Gasteiger charge is 2.23. The molecule has 5 rings (SSSR count). The molecule has 0 bridgehead atoms. The van der Waals surface area contributed by atoms with Crippen LogP contribution in [0.4, 0.5) is 0 Å². The molecular weight excluding hydrogens is 444 g/mol. The average molecular weight is 467 g/mol. The van der Waals surface area contributed by atoms with Gasteiger partial charge in [-0.25, -0.2) is 4.98 Å². The van der Waals surface area contributed by atoms with Crippen LogP contribution >= 0.6 is 11.3 Å². The number of hydrogen-bond donors (Lipinski definition) is 1. The van der Waals surface area contributed by atoms with Crippen LogP contribution in [0.2, 0.25) is 0 Å². The number of thiazole rings is 1. The highest BCUT2D eigenvalue weighted by molar-refractivity contribution is 7.13. The second kappa shape index (κ2) is 10.2. The summed E-state index contributed by atoms with van der Waals surface area (Å²) in [6.45, 7) is 0.